The first-order chi connectivity index (χ1) is 13.1. The number of benzene rings is 1. The maximum atomic E-state index is 12.8. The van der Waals surface area contributed by atoms with Crippen LogP contribution in [0.4, 0.5) is 16.2 Å². The molecule has 27 heavy (non-hydrogen) atoms. The summed E-state index contributed by atoms with van der Waals surface area (Å²) in [6.45, 7) is 11.0. The topological polar surface area (TPSA) is 38.8 Å². The van der Waals surface area contributed by atoms with Crippen LogP contribution < -0.4 is 14.5 Å². The Hall–Kier alpha value is -1.47. The highest BCUT2D eigenvalue weighted by Gasteiger charge is 2.23. The molecule has 5 nitrogen and oxygen atoms in total. The van der Waals surface area contributed by atoms with Crippen LogP contribution in [0.5, 0.6) is 0 Å². The molecule has 0 atom stereocenters. The number of nitrogens with zero attached hydrogens (tertiary/aromatic N) is 3. The molecule has 0 unspecified atom stereocenters. The van der Waals surface area contributed by atoms with Crippen LogP contribution in [0, 0.1) is 0 Å². The van der Waals surface area contributed by atoms with E-state index in [4.69, 9.17) is 12.2 Å². The first-order valence-electron chi connectivity index (χ1n) is 10.0. The van der Waals surface area contributed by atoms with Crippen LogP contribution in [0.3, 0.4) is 0 Å². The summed E-state index contributed by atoms with van der Waals surface area (Å²) < 4.78 is 2.47. The second-order valence-electron chi connectivity index (χ2n) is 6.62. The third-order valence-electron chi connectivity index (χ3n) is 4.74. The van der Waals surface area contributed by atoms with Crippen molar-refractivity contribution >= 4 is 45.9 Å². The molecule has 1 saturated heterocycles. The van der Waals surface area contributed by atoms with E-state index in [9.17, 15) is 4.79 Å². The van der Waals surface area contributed by atoms with Crippen LogP contribution in [-0.2, 0) is 0 Å². The number of hydrogen-bond donors (Lipinski definition) is 1. The van der Waals surface area contributed by atoms with Crippen molar-refractivity contribution in [3.8, 4) is 0 Å². The van der Waals surface area contributed by atoms with E-state index in [0.717, 1.165) is 49.0 Å². The van der Waals surface area contributed by atoms with Gasteiger partial charge in [0.2, 0.25) is 0 Å². The lowest BCUT2D eigenvalue weighted by atomic mass is 10.2. The minimum absolute atomic E-state index is 0.106. The van der Waals surface area contributed by atoms with Crippen LogP contribution in [0.1, 0.15) is 46.5 Å². The van der Waals surface area contributed by atoms with Gasteiger partial charge in [-0.2, -0.15) is 0 Å². The number of thiocarbonyl (C=S) groups is 1. The first kappa shape index (κ1) is 21.8. The second-order valence-corrected chi connectivity index (χ2v) is 8.20. The van der Waals surface area contributed by atoms with E-state index in [2.05, 4.69) is 48.0 Å². The molecule has 0 radical (unpaired) electrons. The number of anilines is 2. The Morgan fingerprint density at radius 1 is 1.11 bits per heavy atom. The molecule has 2 amide bonds. The summed E-state index contributed by atoms with van der Waals surface area (Å²) >= 11 is 6.96. The summed E-state index contributed by atoms with van der Waals surface area (Å²) in [5, 5.41) is 3.02. The minimum Gasteiger partial charge on any atom is -0.372 e. The van der Waals surface area contributed by atoms with Crippen molar-refractivity contribution in [2.45, 2.75) is 46.5 Å². The third kappa shape index (κ3) is 6.28. The van der Waals surface area contributed by atoms with E-state index < -0.39 is 0 Å². The standard InChI is InChI=1S/C20H32N4OS2/c1-4-7-14-21-19(25)24(27-20(26)23-15-8-9-16-23)18-12-10-17(11-13-18)22(5-2)6-3/h10-13H,4-9,14-16H2,1-3H3,(H,21,25). The van der Waals surface area contributed by atoms with Gasteiger partial charge in [0.15, 0.2) is 4.32 Å². The van der Waals surface area contributed by atoms with E-state index in [1.54, 1.807) is 4.31 Å². The zero-order valence-corrected chi connectivity index (χ0v) is 18.4. The quantitative estimate of drug-likeness (QED) is 0.395. The van der Waals surface area contributed by atoms with E-state index in [1.165, 1.54) is 30.5 Å². The van der Waals surface area contributed by atoms with Crippen molar-refractivity contribution in [3.63, 3.8) is 0 Å². The predicted octanol–water partition coefficient (Wildman–Crippen LogP) is 4.88. The molecule has 1 aliphatic heterocycles. The Morgan fingerprint density at radius 2 is 1.70 bits per heavy atom. The van der Waals surface area contributed by atoms with E-state index >= 15 is 0 Å². The lowest BCUT2D eigenvalue weighted by Gasteiger charge is -2.27. The largest absolute Gasteiger partial charge is 0.372 e. The number of nitrogens with one attached hydrogen (secondary N) is 1. The molecule has 0 spiro atoms. The number of likely N-dealkylation sites (tertiary alicyclic amines) is 1. The van der Waals surface area contributed by atoms with Gasteiger partial charge in [-0.1, -0.05) is 25.6 Å². The van der Waals surface area contributed by atoms with Gasteiger partial charge in [-0.25, -0.2) is 9.10 Å². The number of rotatable bonds is 7. The fourth-order valence-electron chi connectivity index (χ4n) is 3.08. The van der Waals surface area contributed by atoms with Crippen molar-refractivity contribution in [2.24, 2.45) is 0 Å². The Balaban J connectivity index is 2.14. The normalized spacial score (nSPS) is 13.5. The minimum atomic E-state index is -0.106. The van der Waals surface area contributed by atoms with Crippen LogP contribution in [0.2, 0.25) is 0 Å². The summed E-state index contributed by atoms with van der Waals surface area (Å²) in [6, 6.07) is 8.06. The number of carbonyl (C=O) groups is 1. The van der Waals surface area contributed by atoms with Crippen molar-refractivity contribution in [2.75, 3.05) is 41.9 Å². The molecule has 0 aliphatic carbocycles. The molecule has 1 aliphatic rings. The molecule has 0 aromatic heterocycles. The molecule has 2 rings (SSSR count). The van der Waals surface area contributed by atoms with Crippen molar-refractivity contribution in [1.82, 2.24) is 10.2 Å². The summed E-state index contributed by atoms with van der Waals surface area (Å²) in [5.41, 5.74) is 2.02. The Labute approximate surface area is 173 Å². The Morgan fingerprint density at radius 3 is 2.26 bits per heavy atom. The van der Waals surface area contributed by atoms with Gasteiger partial charge in [0, 0.05) is 50.4 Å². The third-order valence-corrected chi connectivity index (χ3v) is 6.19. The molecular formula is C20H32N4OS2. The van der Waals surface area contributed by atoms with Gasteiger partial charge in [-0.15, -0.1) is 0 Å². The number of urea groups is 1. The van der Waals surface area contributed by atoms with E-state index in [1.807, 2.05) is 12.1 Å². The van der Waals surface area contributed by atoms with Gasteiger partial charge >= 0.3 is 6.03 Å². The Bertz CT molecular complexity index is 599. The molecule has 1 aromatic carbocycles. The molecule has 1 heterocycles. The zero-order chi connectivity index (χ0) is 19.6. The lowest BCUT2D eigenvalue weighted by Crippen LogP contribution is -2.38. The molecule has 1 fully saturated rings. The monoisotopic (exact) mass is 408 g/mol. The van der Waals surface area contributed by atoms with Crippen LogP contribution in [0.15, 0.2) is 24.3 Å². The number of amides is 2. The van der Waals surface area contributed by atoms with Crippen LogP contribution in [0.25, 0.3) is 0 Å². The highest BCUT2D eigenvalue weighted by molar-refractivity contribution is 8.24. The lowest BCUT2D eigenvalue weighted by molar-refractivity contribution is 0.249. The SMILES string of the molecule is CCCCNC(=O)N(SC(=S)N1CCCC1)c1ccc(N(CC)CC)cc1. The van der Waals surface area contributed by atoms with Gasteiger partial charge in [0.1, 0.15) is 0 Å². The summed E-state index contributed by atoms with van der Waals surface area (Å²) in [5.74, 6) is 0. The maximum Gasteiger partial charge on any atom is 0.332 e. The highest BCUT2D eigenvalue weighted by Crippen LogP contribution is 2.28. The molecule has 150 valence electrons. The van der Waals surface area contributed by atoms with Crippen molar-refractivity contribution < 1.29 is 4.79 Å². The molecular weight excluding hydrogens is 376 g/mol. The molecule has 0 bridgehead atoms. The second kappa shape index (κ2) is 11.4. The summed E-state index contributed by atoms with van der Waals surface area (Å²) in [6.07, 6.45) is 4.36. The summed E-state index contributed by atoms with van der Waals surface area (Å²) in [4.78, 5) is 17.3. The number of carbonyl (C=O) groups excluding carboxylic acids is 1. The van der Waals surface area contributed by atoms with E-state index in [0.29, 0.717) is 6.54 Å². The van der Waals surface area contributed by atoms with E-state index in [-0.39, 0.29) is 6.03 Å². The molecule has 1 N–H and O–H groups in total. The highest BCUT2D eigenvalue weighted by atomic mass is 32.2. The molecule has 0 saturated carbocycles. The zero-order valence-electron chi connectivity index (χ0n) is 16.7. The summed E-state index contributed by atoms with van der Waals surface area (Å²) in [7, 11) is 0. The predicted molar refractivity (Wildman–Crippen MR) is 122 cm³/mol. The first-order valence-corrected chi connectivity index (χ1v) is 11.2. The van der Waals surface area contributed by atoms with Crippen molar-refractivity contribution in [1.29, 1.82) is 0 Å². The van der Waals surface area contributed by atoms with Crippen LogP contribution in [-0.4, -0.2) is 48.0 Å². The fraction of sp³-hybridized carbons (Fsp3) is 0.600. The van der Waals surface area contributed by atoms with Gasteiger partial charge < -0.3 is 15.1 Å². The maximum absolute atomic E-state index is 12.8. The number of hydrogen-bond acceptors (Lipinski definition) is 4. The average molecular weight is 409 g/mol. The van der Waals surface area contributed by atoms with Gasteiger partial charge in [0.05, 0.1) is 5.69 Å². The van der Waals surface area contributed by atoms with Gasteiger partial charge in [-0.05, 0) is 57.4 Å². The van der Waals surface area contributed by atoms with Gasteiger partial charge in [-0.3, -0.25) is 0 Å². The molecule has 1 aromatic rings. The average Bonchev–Trinajstić information content (AvgIpc) is 3.22. The van der Waals surface area contributed by atoms with Crippen molar-refractivity contribution in [3.05, 3.63) is 24.3 Å². The fourth-order valence-corrected chi connectivity index (χ4v) is 4.31. The van der Waals surface area contributed by atoms with Gasteiger partial charge in [0.25, 0.3) is 0 Å². The Kier molecular flexibility index (Phi) is 9.21. The smallest absolute Gasteiger partial charge is 0.332 e. The number of unbranched alkanes of at least 4 members (excludes halogenated alkanes) is 1. The molecule has 7 heteroatoms. The van der Waals surface area contributed by atoms with Crippen LogP contribution >= 0.6 is 24.2 Å².